The van der Waals surface area contributed by atoms with Crippen LogP contribution < -0.4 is 11.5 Å². The first-order chi connectivity index (χ1) is 14.4. The quantitative estimate of drug-likeness (QED) is 0.150. The Bertz CT molecular complexity index is 363. The number of aliphatic carboxylic acids is 2. The van der Waals surface area contributed by atoms with E-state index < -0.39 is 24.0 Å². The lowest BCUT2D eigenvalue weighted by Gasteiger charge is -2.05. The van der Waals surface area contributed by atoms with E-state index in [2.05, 4.69) is 12.5 Å². The van der Waals surface area contributed by atoms with Crippen molar-refractivity contribution in [3.8, 4) is 0 Å². The lowest BCUT2D eigenvalue weighted by atomic mass is 10.2. The van der Waals surface area contributed by atoms with Gasteiger partial charge >= 0.3 is 11.9 Å². The predicted octanol–water partition coefficient (Wildman–Crippen LogP) is 1.03. The van der Waals surface area contributed by atoms with Crippen LogP contribution in [-0.4, -0.2) is 84.9 Å². The highest BCUT2D eigenvalue weighted by Gasteiger charge is 2.10. The average molecular weight is 491 g/mol. The Hall–Kier alpha value is -0.500. The molecule has 12 heteroatoms. The van der Waals surface area contributed by atoms with Gasteiger partial charge in [0.2, 0.25) is 0 Å². The number of carboxylic acid groups (broad SMARTS) is 2. The summed E-state index contributed by atoms with van der Waals surface area (Å²) in [5.41, 5.74) is 10.7. The summed E-state index contributed by atoms with van der Waals surface area (Å²) < 4.78 is 7.83. The molecule has 0 aliphatic carbocycles. The highest BCUT2D eigenvalue weighted by molar-refractivity contribution is 7.99. The van der Waals surface area contributed by atoms with E-state index in [4.69, 9.17) is 36.1 Å². The molecule has 0 aromatic carbocycles. The molecule has 0 aromatic heterocycles. The van der Waals surface area contributed by atoms with Crippen molar-refractivity contribution < 1.29 is 34.2 Å². The lowest BCUT2D eigenvalue weighted by molar-refractivity contribution is -0.138. The van der Waals surface area contributed by atoms with E-state index in [1.165, 1.54) is 0 Å². The molecule has 30 heavy (non-hydrogen) atoms. The molecule has 0 fully saturated rings. The van der Waals surface area contributed by atoms with Gasteiger partial charge in [0.25, 0.3) is 0 Å². The molecule has 0 unspecified atom stereocenters. The van der Waals surface area contributed by atoms with E-state index in [-0.39, 0.29) is 13.2 Å². The third-order valence-electron chi connectivity index (χ3n) is 3.62. The zero-order chi connectivity index (χ0) is 23.6. The molecular formula is C18H38N2O7S3. The number of hydrogen-bond acceptors (Lipinski definition) is 10. The molecule has 0 heterocycles. The number of carboxylic acids is 2. The molecule has 0 radical (unpaired) electrons. The van der Waals surface area contributed by atoms with Crippen LogP contribution in [0.1, 0.15) is 51.4 Å². The molecule has 8 N–H and O–H groups in total. The zero-order valence-electron chi connectivity index (χ0n) is 17.4. The second-order valence-electron chi connectivity index (χ2n) is 6.31. The van der Waals surface area contributed by atoms with Crippen LogP contribution in [0.15, 0.2) is 0 Å². The second-order valence-corrected chi connectivity index (χ2v) is 8.61. The highest BCUT2D eigenvalue weighted by Crippen LogP contribution is 2.09. The van der Waals surface area contributed by atoms with E-state index in [1.54, 1.807) is 23.5 Å². The van der Waals surface area contributed by atoms with Crippen molar-refractivity contribution >= 4 is 48.0 Å². The number of aliphatic hydroxyl groups excluding tert-OH is 2. The highest BCUT2D eigenvalue weighted by atomic mass is 32.2. The molecule has 180 valence electrons. The Morgan fingerprint density at radius 2 is 0.967 bits per heavy atom. The molecule has 0 rings (SSSR count). The third-order valence-corrected chi connectivity index (χ3v) is 5.97. The largest absolute Gasteiger partial charge is 0.480 e. The van der Waals surface area contributed by atoms with Gasteiger partial charge in [-0.3, -0.25) is 9.59 Å². The summed E-state index contributed by atoms with van der Waals surface area (Å²) in [5.74, 6) is 0.999. The number of thioether (sulfide) groups is 2. The number of nitrogens with two attached hydrogens (primary N) is 2. The van der Waals surface area contributed by atoms with Crippen LogP contribution in [0.4, 0.5) is 0 Å². The van der Waals surface area contributed by atoms with Gasteiger partial charge in [0.1, 0.15) is 12.1 Å². The van der Waals surface area contributed by atoms with E-state index >= 15 is 0 Å². The molecule has 0 aliphatic rings. The van der Waals surface area contributed by atoms with Crippen molar-refractivity contribution in [2.45, 2.75) is 63.5 Å². The molecule has 0 aliphatic heterocycles. The molecule has 0 saturated carbocycles. The number of rotatable bonds is 18. The van der Waals surface area contributed by atoms with Gasteiger partial charge in [0.05, 0.1) is 0 Å². The Kier molecular flexibility index (Phi) is 32.4. The molecular weight excluding hydrogens is 452 g/mol. The summed E-state index contributed by atoms with van der Waals surface area (Å²) >= 11 is 5.99. The van der Waals surface area contributed by atoms with Crippen molar-refractivity contribution in [2.24, 2.45) is 11.5 Å². The molecule has 0 aromatic rings. The van der Waals surface area contributed by atoms with Crippen molar-refractivity contribution in [2.75, 3.05) is 36.2 Å². The van der Waals surface area contributed by atoms with Crippen LogP contribution in [0.25, 0.3) is 0 Å². The van der Waals surface area contributed by atoms with Gasteiger partial charge in [-0.15, -0.1) is 0 Å². The number of hydrogen-bond donors (Lipinski definition) is 6. The number of aliphatic hydroxyl groups is 2. The molecule has 2 atom stereocenters. The van der Waals surface area contributed by atoms with E-state index in [9.17, 15) is 9.59 Å². The molecule has 0 saturated heterocycles. The zero-order valence-corrected chi connectivity index (χ0v) is 19.9. The van der Waals surface area contributed by atoms with Crippen LogP contribution in [0.3, 0.4) is 0 Å². The molecule has 0 amide bonds. The summed E-state index contributed by atoms with van der Waals surface area (Å²) in [5, 5.41) is 34.0. The fraction of sp³-hybridized carbons (Fsp3) is 0.889. The van der Waals surface area contributed by atoms with Gasteiger partial charge in [-0.25, -0.2) is 0 Å². The van der Waals surface area contributed by atoms with Crippen LogP contribution in [0, 0.1) is 0 Å². The van der Waals surface area contributed by atoms with Crippen LogP contribution in [0.2, 0.25) is 0 Å². The van der Waals surface area contributed by atoms with E-state index in [0.717, 1.165) is 62.9 Å². The fourth-order valence-corrected chi connectivity index (χ4v) is 3.84. The lowest BCUT2D eigenvalue weighted by Crippen LogP contribution is -2.32. The molecule has 0 bridgehead atoms. The fourth-order valence-electron chi connectivity index (χ4n) is 1.90. The Morgan fingerprint density at radius 3 is 1.23 bits per heavy atom. The van der Waals surface area contributed by atoms with Gasteiger partial charge < -0.3 is 31.9 Å². The van der Waals surface area contributed by atoms with E-state index in [0.29, 0.717) is 11.5 Å². The van der Waals surface area contributed by atoms with Crippen LogP contribution in [-0.2, 0) is 22.1 Å². The SMILES string of the molecule is N[C@@H](CSCCCCCCO)C(=O)O.N[C@@H](CSCCCCCCO)C(=O)O.O=S. The maximum Gasteiger partial charge on any atom is 0.321 e. The standard InChI is InChI=1S/2C9H19NO3S.OS/c2*10-8(9(12)13)7-14-6-4-2-1-3-5-11;1-2/h2*8,11H,1-7,10H2,(H,12,13);/t2*8-;/m00./s1. The minimum atomic E-state index is -0.933. The van der Waals surface area contributed by atoms with Gasteiger partial charge in [-0.2, -0.15) is 27.7 Å². The Morgan fingerprint density at radius 1 is 0.667 bits per heavy atom. The summed E-state index contributed by atoms with van der Waals surface area (Å²) in [6, 6.07) is -1.48. The average Bonchev–Trinajstić information content (AvgIpc) is 2.73. The van der Waals surface area contributed by atoms with Gasteiger partial charge in [0.15, 0.2) is 12.5 Å². The normalized spacial score (nSPS) is 12.0. The van der Waals surface area contributed by atoms with Crippen molar-refractivity contribution in [3.63, 3.8) is 0 Å². The third kappa shape index (κ3) is 29.7. The first-order valence-corrected chi connectivity index (χ1v) is 12.5. The minimum Gasteiger partial charge on any atom is -0.480 e. The summed E-state index contributed by atoms with van der Waals surface area (Å²) in [4.78, 5) is 20.7. The van der Waals surface area contributed by atoms with Crippen LogP contribution in [0.5, 0.6) is 0 Å². The topological polar surface area (TPSA) is 184 Å². The van der Waals surface area contributed by atoms with Crippen molar-refractivity contribution in [1.82, 2.24) is 0 Å². The maximum atomic E-state index is 10.3. The van der Waals surface area contributed by atoms with E-state index in [1.807, 2.05) is 0 Å². The minimum absolute atomic E-state index is 0.261. The maximum absolute atomic E-state index is 10.3. The summed E-state index contributed by atoms with van der Waals surface area (Å²) in [6.07, 6.45) is 8.13. The summed E-state index contributed by atoms with van der Waals surface area (Å²) in [6.45, 7) is 0.522. The second kappa shape index (κ2) is 28.5. The van der Waals surface area contributed by atoms with Gasteiger partial charge in [-0.05, 0) is 37.2 Å². The molecule has 9 nitrogen and oxygen atoms in total. The predicted molar refractivity (Wildman–Crippen MR) is 125 cm³/mol. The Balaban J connectivity index is -0.000000448. The number of carbonyl (C=O) groups is 2. The monoisotopic (exact) mass is 490 g/mol. The summed E-state index contributed by atoms with van der Waals surface area (Å²) in [7, 11) is 0. The first kappa shape index (κ1) is 34.1. The Labute approximate surface area is 193 Å². The first-order valence-electron chi connectivity index (χ1n) is 9.87. The van der Waals surface area contributed by atoms with Crippen molar-refractivity contribution in [1.29, 1.82) is 0 Å². The van der Waals surface area contributed by atoms with Gasteiger partial charge in [-0.1, -0.05) is 25.7 Å². The number of unbranched alkanes of at least 4 members (excludes halogenated alkanes) is 6. The smallest absolute Gasteiger partial charge is 0.321 e. The van der Waals surface area contributed by atoms with Crippen LogP contribution >= 0.6 is 23.5 Å². The van der Waals surface area contributed by atoms with Gasteiger partial charge in [0, 0.05) is 24.7 Å². The van der Waals surface area contributed by atoms with Crippen molar-refractivity contribution in [3.05, 3.63) is 0 Å². The molecule has 0 spiro atoms.